The summed E-state index contributed by atoms with van der Waals surface area (Å²) in [6.45, 7) is 3.27. The number of amides is 3. The van der Waals surface area contributed by atoms with Crippen LogP contribution < -0.4 is 27.0 Å². The monoisotopic (exact) mass is 504 g/mol. The summed E-state index contributed by atoms with van der Waals surface area (Å²) < 4.78 is 0. The summed E-state index contributed by atoms with van der Waals surface area (Å²) in [6.07, 6.45) is 0.751. The fourth-order valence-corrected chi connectivity index (χ4v) is 4.05. The first kappa shape index (κ1) is 27.9. The van der Waals surface area contributed by atoms with Gasteiger partial charge in [-0.1, -0.05) is 42.2 Å². The number of para-hydroxylation sites is 1. The SMILES string of the molecule is NCCNC(=O)CCN(CCC(=O)NCCN)CCC(=O)N1Cc2ccccc2C#Cc2ccccc21. The molecule has 2 aromatic carbocycles. The molecule has 0 saturated carbocycles. The summed E-state index contributed by atoms with van der Waals surface area (Å²) in [4.78, 5) is 41.6. The third kappa shape index (κ3) is 8.72. The van der Waals surface area contributed by atoms with Crippen LogP contribution in [0, 0.1) is 11.8 Å². The summed E-state index contributed by atoms with van der Waals surface area (Å²) >= 11 is 0. The second-order valence-corrected chi connectivity index (χ2v) is 8.77. The molecule has 1 aliphatic rings. The summed E-state index contributed by atoms with van der Waals surface area (Å²) in [5.41, 5.74) is 14.4. The van der Waals surface area contributed by atoms with E-state index in [-0.39, 0.29) is 37.0 Å². The molecule has 0 radical (unpaired) electrons. The Labute approximate surface area is 218 Å². The lowest BCUT2D eigenvalue weighted by molar-refractivity contribution is -0.121. The molecule has 0 spiro atoms. The Morgan fingerprint density at radius 1 is 0.784 bits per heavy atom. The van der Waals surface area contributed by atoms with E-state index in [0.717, 1.165) is 22.4 Å². The Morgan fingerprint density at radius 2 is 1.32 bits per heavy atom. The Kier molecular flexibility index (Phi) is 11.1. The van der Waals surface area contributed by atoms with E-state index in [1.54, 1.807) is 4.90 Å². The number of benzene rings is 2. The van der Waals surface area contributed by atoms with Gasteiger partial charge in [-0.3, -0.25) is 14.4 Å². The molecule has 3 rings (SSSR count). The first-order chi connectivity index (χ1) is 18.0. The van der Waals surface area contributed by atoms with Crippen molar-refractivity contribution in [3.05, 3.63) is 65.2 Å². The van der Waals surface area contributed by atoms with E-state index in [1.807, 2.05) is 53.4 Å². The van der Waals surface area contributed by atoms with Gasteiger partial charge < -0.3 is 31.9 Å². The molecule has 0 aliphatic carbocycles. The van der Waals surface area contributed by atoms with Crippen LogP contribution in [-0.4, -0.2) is 68.4 Å². The van der Waals surface area contributed by atoms with Crippen molar-refractivity contribution in [3.8, 4) is 11.8 Å². The predicted molar refractivity (Wildman–Crippen MR) is 144 cm³/mol. The molecule has 0 atom stereocenters. The van der Waals surface area contributed by atoms with Crippen LogP contribution in [0.3, 0.4) is 0 Å². The van der Waals surface area contributed by atoms with Gasteiger partial charge >= 0.3 is 0 Å². The van der Waals surface area contributed by atoms with Crippen LogP contribution in [0.15, 0.2) is 48.5 Å². The van der Waals surface area contributed by atoms with Crippen LogP contribution in [0.4, 0.5) is 5.69 Å². The normalized spacial score (nSPS) is 11.9. The lowest BCUT2D eigenvalue weighted by Gasteiger charge is -2.28. The van der Waals surface area contributed by atoms with Crippen molar-refractivity contribution in [1.29, 1.82) is 0 Å². The standard InChI is InChI=1S/C28H36N6O3/c29-14-16-31-26(35)11-18-33(19-12-27(36)32-17-15-30)20-13-28(37)34-21-24-7-2-1-5-22(24)9-10-23-6-3-4-8-25(23)34/h1-8H,11-21,29-30H2,(H,31,35)(H,32,36). The Balaban J connectivity index is 1.70. The van der Waals surface area contributed by atoms with Crippen LogP contribution in [-0.2, 0) is 20.9 Å². The highest BCUT2D eigenvalue weighted by Gasteiger charge is 2.22. The zero-order valence-electron chi connectivity index (χ0n) is 21.2. The number of fused-ring (bicyclic) bond motifs is 2. The van der Waals surface area contributed by atoms with Gasteiger partial charge in [-0.25, -0.2) is 0 Å². The van der Waals surface area contributed by atoms with Gasteiger partial charge in [0.2, 0.25) is 17.7 Å². The molecule has 1 heterocycles. The minimum atomic E-state index is -0.109. The number of nitrogens with one attached hydrogen (secondary N) is 2. The van der Waals surface area contributed by atoms with Crippen molar-refractivity contribution in [2.45, 2.75) is 25.8 Å². The van der Waals surface area contributed by atoms with Crippen LogP contribution in [0.25, 0.3) is 0 Å². The molecule has 3 amide bonds. The number of nitrogens with two attached hydrogens (primary N) is 2. The highest BCUT2D eigenvalue weighted by molar-refractivity contribution is 5.95. The van der Waals surface area contributed by atoms with Crippen LogP contribution in [0.1, 0.15) is 36.0 Å². The van der Waals surface area contributed by atoms with Crippen LogP contribution >= 0.6 is 0 Å². The molecular weight excluding hydrogens is 468 g/mol. The number of hydrogen-bond donors (Lipinski definition) is 4. The highest BCUT2D eigenvalue weighted by Crippen LogP contribution is 2.26. The Bertz CT molecular complexity index is 1120. The van der Waals surface area contributed by atoms with E-state index in [9.17, 15) is 14.4 Å². The van der Waals surface area contributed by atoms with Crippen molar-refractivity contribution in [2.75, 3.05) is 50.7 Å². The first-order valence-electron chi connectivity index (χ1n) is 12.7. The van der Waals surface area contributed by atoms with Crippen LogP contribution in [0.5, 0.6) is 0 Å². The van der Waals surface area contributed by atoms with Crippen molar-refractivity contribution < 1.29 is 14.4 Å². The van der Waals surface area contributed by atoms with E-state index in [1.165, 1.54) is 0 Å². The van der Waals surface area contributed by atoms with Crippen molar-refractivity contribution in [1.82, 2.24) is 15.5 Å². The number of nitrogens with zero attached hydrogens (tertiary/aromatic N) is 2. The molecular formula is C28H36N6O3. The number of carbonyl (C=O) groups excluding carboxylic acids is 3. The molecule has 37 heavy (non-hydrogen) atoms. The van der Waals surface area contributed by atoms with E-state index >= 15 is 0 Å². The largest absolute Gasteiger partial charge is 0.355 e. The Hall–Kier alpha value is -3.71. The lowest BCUT2D eigenvalue weighted by atomic mass is 10.0. The second kappa shape index (κ2) is 14.8. The van der Waals surface area contributed by atoms with E-state index in [0.29, 0.717) is 52.4 Å². The minimum absolute atomic E-state index is 0.0453. The van der Waals surface area contributed by atoms with Gasteiger partial charge in [0.15, 0.2) is 0 Å². The topological polar surface area (TPSA) is 134 Å². The zero-order chi connectivity index (χ0) is 26.5. The van der Waals surface area contributed by atoms with Crippen LogP contribution in [0.2, 0.25) is 0 Å². The number of carbonyl (C=O) groups is 3. The van der Waals surface area contributed by atoms with Crippen molar-refractivity contribution >= 4 is 23.4 Å². The maximum Gasteiger partial charge on any atom is 0.228 e. The molecule has 6 N–H and O–H groups in total. The molecule has 2 aromatic rings. The van der Waals surface area contributed by atoms with Gasteiger partial charge in [0.25, 0.3) is 0 Å². The fraction of sp³-hybridized carbons (Fsp3) is 0.393. The first-order valence-corrected chi connectivity index (χ1v) is 12.7. The molecule has 196 valence electrons. The van der Waals surface area contributed by atoms with Crippen molar-refractivity contribution in [3.63, 3.8) is 0 Å². The van der Waals surface area contributed by atoms with Crippen molar-refractivity contribution in [2.24, 2.45) is 11.5 Å². The molecule has 0 unspecified atom stereocenters. The summed E-state index contributed by atoms with van der Waals surface area (Å²) in [7, 11) is 0. The minimum Gasteiger partial charge on any atom is -0.355 e. The predicted octanol–water partition coefficient (Wildman–Crippen LogP) is 0.555. The van der Waals surface area contributed by atoms with E-state index < -0.39 is 0 Å². The van der Waals surface area contributed by atoms with E-state index in [4.69, 9.17) is 11.5 Å². The summed E-state index contributed by atoms with van der Waals surface area (Å²) in [5, 5.41) is 5.52. The summed E-state index contributed by atoms with van der Waals surface area (Å²) in [6, 6.07) is 15.5. The molecule has 1 aliphatic heterocycles. The molecule has 9 heteroatoms. The van der Waals surface area contributed by atoms with E-state index in [2.05, 4.69) is 22.5 Å². The zero-order valence-corrected chi connectivity index (χ0v) is 21.2. The summed E-state index contributed by atoms with van der Waals surface area (Å²) in [5.74, 6) is 6.17. The third-order valence-corrected chi connectivity index (χ3v) is 6.06. The lowest BCUT2D eigenvalue weighted by Crippen LogP contribution is -2.39. The second-order valence-electron chi connectivity index (χ2n) is 8.77. The Morgan fingerprint density at radius 3 is 1.97 bits per heavy atom. The highest BCUT2D eigenvalue weighted by atomic mass is 16.2. The van der Waals surface area contributed by atoms with Gasteiger partial charge in [-0.15, -0.1) is 0 Å². The van der Waals surface area contributed by atoms with Gasteiger partial charge in [-0.2, -0.15) is 0 Å². The number of rotatable bonds is 13. The van der Waals surface area contributed by atoms with Gasteiger partial charge in [-0.05, 0) is 23.8 Å². The molecule has 0 aromatic heterocycles. The quantitative estimate of drug-likeness (QED) is 0.295. The smallest absolute Gasteiger partial charge is 0.228 e. The van der Waals surface area contributed by atoms with Gasteiger partial charge in [0, 0.05) is 76.2 Å². The number of anilines is 1. The molecule has 0 bridgehead atoms. The average Bonchev–Trinajstić information content (AvgIpc) is 2.91. The molecule has 0 fully saturated rings. The molecule has 9 nitrogen and oxygen atoms in total. The average molecular weight is 505 g/mol. The van der Waals surface area contributed by atoms with Gasteiger partial charge in [0.1, 0.15) is 0 Å². The molecule has 0 saturated heterocycles. The fourth-order valence-electron chi connectivity index (χ4n) is 4.05. The maximum absolute atomic E-state index is 13.6. The maximum atomic E-state index is 13.6. The van der Waals surface area contributed by atoms with Gasteiger partial charge in [0.05, 0.1) is 12.2 Å². The third-order valence-electron chi connectivity index (χ3n) is 6.06. The number of hydrogen-bond acceptors (Lipinski definition) is 6.